The molecular formula is C33H65N2+. The van der Waals surface area contributed by atoms with Crippen LogP contribution in [0.3, 0.4) is 0 Å². The Morgan fingerprint density at radius 3 is 1.37 bits per heavy atom. The lowest BCUT2D eigenvalue weighted by Crippen LogP contribution is -2.37. The third-order valence-electron chi connectivity index (χ3n) is 7.85. The van der Waals surface area contributed by atoms with Gasteiger partial charge >= 0.3 is 0 Å². The molecule has 0 bridgehead atoms. The lowest BCUT2D eigenvalue weighted by molar-refractivity contribution is -0.704. The van der Waals surface area contributed by atoms with Gasteiger partial charge < -0.3 is 0 Å². The minimum Gasteiger partial charge on any atom is -0.234 e. The number of aromatic nitrogens is 2. The van der Waals surface area contributed by atoms with E-state index in [-0.39, 0.29) is 0 Å². The molecule has 1 aromatic heterocycles. The first-order valence-corrected chi connectivity index (χ1v) is 16.4. The van der Waals surface area contributed by atoms with Crippen molar-refractivity contribution in [1.29, 1.82) is 0 Å². The van der Waals surface area contributed by atoms with E-state index in [9.17, 15) is 0 Å². The van der Waals surface area contributed by atoms with Crippen molar-refractivity contribution in [2.45, 2.75) is 194 Å². The molecule has 2 heteroatoms. The van der Waals surface area contributed by atoms with Gasteiger partial charge in [0.15, 0.2) is 0 Å². The topological polar surface area (TPSA) is 8.81 Å². The standard InChI is InChI=1S/C33H65N2/c1-4-7-10-13-16-18-19-21-24-27-30-35-32-31-34(29-26-23-20-17-14-11-8-5-2)33(35)28-25-22-15-12-9-6-3/h31-32H,4-30H2,1-3H3/q+1. The average molecular weight is 490 g/mol. The van der Waals surface area contributed by atoms with E-state index >= 15 is 0 Å². The monoisotopic (exact) mass is 490 g/mol. The highest BCUT2D eigenvalue weighted by molar-refractivity contribution is 4.84. The van der Waals surface area contributed by atoms with Gasteiger partial charge in [0.2, 0.25) is 0 Å². The molecule has 0 unspecified atom stereocenters. The molecule has 1 rings (SSSR count). The van der Waals surface area contributed by atoms with Crippen LogP contribution >= 0.6 is 0 Å². The minimum atomic E-state index is 1.23. The van der Waals surface area contributed by atoms with Gasteiger partial charge in [-0.2, -0.15) is 0 Å². The Kier molecular flexibility index (Phi) is 22.9. The van der Waals surface area contributed by atoms with Gasteiger partial charge in [-0.3, -0.25) is 0 Å². The molecule has 0 amide bonds. The maximum absolute atomic E-state index is 2.61. The van der Waals surface area contributed by atoms with Crippen LogP contribution in [0, 0.1) is 0 Å². The van der Waals surface area contributed by atoms with Crippen molar-refractivity contribution < 1.29 is 4.57 Å². The van der Waals surface area contributed by atoms with Crippen molar-refractivity contribution in [3.63, 3.8) is 0 Å². The van der Waals surface area contributed by atoms with Gasteiger partial charge in [0.25, 0.3) is 5.82 Å². The van der Waals surface area contributed by atoms with Gasteiger partial charge in [0.1, 0.15) is 12.4 Å². The van der Waals surface area contributed by atoms with Crippen LogP contribution in [0.4, 0.5) is 0 Å². The van der Waals surface area contributed by atoms with E-state index in [2.05, 4.69) is 42.3 Å². The predicted molar refractivity (Wildman–Crippen MR) is 156 cm³/mol. The fourth-order valence-corrected chi connectivity index (χ4v) is 5.44. The summed E-state index contributed by atoms with van der Waals surface area (Å²) in [6.07, 6.45) is 39.9. The van der Waals surface area contributed by atoms with E-state index < -0.39 is 0 Å². The summed E-state index contributed by atoms with van der Waals surface area (Å²) in [7, 11) is 0. The van der Waals surface area contributed by atoms with Crippen molar-refractivity contribution in [2.75, 3.05) is 0 Å². The molecule has 206 valence electrons. The summed E-state index contributed by atoms with van der Waals surface area (Å²) >= 11 is 0. The molecule has 0 fully saturated rings. The number of unbranched alkanes of at least 4 members (excludes halogenated alkanes) is 21. The second-order valence-electron chi connectivity index (χ2n) is 11.3. The third-order valence-corrected chi connectivity index (χ3v) is 7.85. The Balaban J connectivity index is 2.34. The van der Waals surface area contributed by atoms with Crippen LogP contribution in [0.5, 0.6) is 0 Å². The maximum atomic E-state index is 2.61. The molecule has 0 aliphatic rings. The highest BCUT2D eigenvalue weighted by atomic mass is 15.1. The summed E-state index contributed by atoms with van der Waals surface area (Å²) in [6, 6.07) is 0. The first kappa shape index (κ1) is 32.2. The van der Waals surface area contributed by atoms with Crippen LogP contribution in [-0.4, -0.2) is 4.57 Å². The van der Waals surface area contributed by atoms with E-state index in [4.69, 9.17) is 0 Å². The largest absolute Gasteiger partial charge is 0.256 e. The Bertz CT molecular complexity index is 547. The number of rotatable bonds is 27. The van der Waals surface area contributed by atoms with Crippen molar-refractivity contribution in [1.82, 2.24) is 4.57 Å². The Morgan fingerprint density at radius 2 is 0.886 bits per heavy atom. The molecule has 0 aromatic carbocycles. The second-order valence-corrected chi connectivity index (χ2v) is 11.3. The zero-order valence-corrected chi connectivity index (χ0v) is 24.6. The lowest BCUT2D eigenvalue weighted by Gasteiger charge is -2.07. The fourth-order valence-electron chi connectivity index (χ4n) is 5.44. The molecule has 0 aliphatic carbocycles. The minimum absolute atomic E-state index is 1.23. The molecular weight excluding hydrogens is 424 g/mol. The first-order valence-electron chi connectivity index (χ1n) is 16.4. The number of imidazole rings is 1. The number of aryl methyl sites for hydroxylation is 2. The van der Waals surface area contributed by atoms with Crippen LogP contribution < -0.4 is 4.57 Å². The molecule has 0 N–H and O–H groups in total. The number of hydrogen-bond acceptors (Lipinski definition) is 0. The Hall–Kier alpha value is -0.790. The third kappa shape index (κ3) is 18.2. The van der Waals surface area contributed by atoms with Crippen LogP contribution in [-0.2, 0) is 19.5 Å². The Labute approximate surface area is 221 Å². The molecule has 1 aromatic rings. The number of nitrogens with zero attached hydrogens (tertiary/aromatic N) is 2. The van der Waals surface area contributed by atoms with Crippen LogP contribution in [0.1, 0.15) is 181 Å². The summed E-state index contributed by atoms with van der Waals surface area (Å²) in [5.41, 5.74) is 0. The highest BCUT2D eigenvalue weighted by Gasteiger charge is 2.16. The van der Waals surface area contributed by atoms with E-state index in [0.29, 0.717) is 0 Å². The predicted octanol–water partition coefficient (Wildman–Crippen LogP) is 10.7. The molecule has 1 heterocycles. The SMILES string of the molecule is CCCCCCCCCCCC[n+]1ccn(CCCCCCCCCC)c1CCCCCCCC. The van der Waals surface area contributed by atoms with Gasteiger partial charge in [-0.15, -0.1) is 0 Å². The quantitative estimate of drug-likeness (QED) is 0.0858. The molecule has 0 aliphatic heterocycles. The van der Waals surface area contributed by atoms with Crippen molar-refractivity contribution in [3.05, 3.63) is 18.2 Å². The molecule has 0 saturated heterocycles. The molecule has 0 atom stereocenters. The average Bonchev–Trinajstić information content (AvgIpc) is 3.25. The molecule has 35 heavy (non-hydrogen) atoms. The van der Waals surface area contributed by atoms with Crippen molar-refractivity contribution in [2.24, 2.45) is 0 Å². The zero-order valence-electron chi connectivity index (χ0n) is 24.6. The van der Waals surface area contributed by atoms with E-state index in [1.807, 2.05) is 0 Å². The number of hydrogen-bond donors (Lipinski definition) is 0. The summed E-state index contributed by atoms with van der Waals surface area (Å²) in [5.74, 6) is 1.61. The van der Waals surface area contributed by atoms with Gasteiger partial charge in [-0.1, -0.05) is 143 Å². The molecule has 0 radical (unpaired) electrons. The highest BCUT2D eigenvalue weighted by Crippen LogP contribution is 2.13. The van der Waals surface area contributed by atoms with Gasteiger partial charge in [-0.05, 0) is 32.1 Å². The normalized spacial score (nSPS) is 11.5. The van der Waals surface area contributed by atoms with Crippen molar-refractivity contribution in [3.8, 4) is 0 Å². The van der Waals surface area contributed by atoms with Gasteiger partial charge in [0, 0.05) is 6.42 Å². The van der Waals surface area contributed by atoms with Crippen LogP contribution in [0.25, 0.3) is 0 Å². The summed E-state index contributed by atoms with van der Waals surface area (Å²) < 4.78 is 5.22. The Morgan fingerprint density at radius 1 is 0.486 bits per heavy atom. The maximum Gasteiger partial charge on any atom is 0.256 e. The smallest absolute Gasteiger partial charge is 0.234 e. The fraction of sp³-hybridized carbons (Fsp3) is 0.909. The van der Waals surface area contributed by atoms with Crippen LogP contribution in [0.15, 0.2) is 12.4 Å². The van der Waals surface area contributed by atoms with Gasteiger partial charge in [0.05, 0.1) is 13.1 Å². The summed E-state index contributed by atoms with van der Waals surface area (Å²) in [4.78, 5) is 0. The van der Waals surface area contributed by atoms with E-state index in [1.165, 1.54) is 174 Å². The second kappa shape index (κ2) is 24.9. The van der Waals surface area contributed by atoms with Gasteiger partial charge in [-0.25, -0.2) is 9.13 Å². The summed E-state index contributed by atoms with van der Waals surface area (Å²) in [5, 5.41) is 0. The molecule has 0 saturated carbocycles. The molecule has 0 spiro atoms. The first-order chi connectivity index (χ1) is 17.3. The molecule has 2 nitrogen and oxygen atoms in total. The van der Waals surface area contributed by atoms with Crippen molar-refractivity contribution >= 4 is 0 Å². The zero-order chi connectivity index (χ0) is 25.2. The van der Waals surface area contributed by atoms with Crippen LogP contribution in [0.2, 0.25) is 0 Å². The van der Waals surface area contributed by atoms with E-state index in [0.717, 1.165) is 0 Å². The lowest BCUT2D eigenvalue weighted by atomic mass is 10.1. The van der Waals surface area contributed by atoms with E-state index in [1.54, 1.807) is 5.82 Å². The summed E-state index contributed by atoms with van der Waals surface area (Å²) in [6.45, 7) is 9.39.